The Balaban J connectivity index is 2.44. The molecule has 1 aromatic carbocycles. The lowest BCUT2D eigenvalue weighted by Crippen LogP contribution is -2.30. The number of amides is 1. The number of hydrogen-bond acceptors (Lipinski definition) is 3. The highest BCUT2D eigenvalue weighted by Gasteiger charge is 2.16. The van der Waals surface area contributed by atoms with Crippen molar-refractivity contribution >= 4 is 23.4 Å². The van der Waals surface area contributed by atoms with Crippen LogP contribution in [0.5, 0.6) is 0 Å². The molecule has 0 aliphatic rings. The van der Waals surface area contributed by atoms with E-state index in [9.17, 15) is 4.79 Å². The molecule has 1 amide bonds. The first-order valence-electron chi connectivity index (χ1n) is 6.81. The summed E-state index contributed by atoms with van der Waals surface area (Å²) in [6.45, 7) is 10.1. The fraction of sp³-hybridized carbons (Fsp3) is 0.500. The number of hydrazone groups is 1. The van der Waals surface area contributed by atoms with E-state index in [1.165, 1.54) is 5.56 Å². The van der Waals surface area contributed by atoms with E-state index in [0.717, 1.165) is 11.5 Å². The maximum atomic E-state index is 12.0. The van der Waals surface area contributed by atoms with Gasteiger partial charge in [0.1, 0.15) is 0 Å². The summed E-state index contributed by atoms with van der Waals surface area (Å²) >= 11 is 1.62. The predicted octanol–water partition coefficient (Wildman–Crippen LogP) is 3.85. The molecule has 0 heterocycles. The Morgan fingerprint density at radius 1 is 1.30 bits per heavy atom. The second-order valence-corrected chi connectivity index (χ2v) is 7.19. The third-order valence-corrected chi connectivity index (χ3v) is 4.35. The number of hydrogen-bond donors (Lipinski definition) is 1. The maximum Gasteiger partial charge on any atom is 0.252 e. The molecule has 1 N–H and O–H groups in total. The standard InChI is InChI=1S/C16H24N2OS/c1-12(20-11-14-9-7-6-8-10-14)15(19)18-17-13(2)16(3,4)5/h6-10,12H,11H2,1-5H3,(H,18,19)/b17-13-/t12-/m1/s1. The molecule has 0 aliphatic carbocycles. The minimum absolute atomic E-state index is 0.0201. The number of nitrogens with one attached hydrogen (secondary N) is 1. The quantitative estimate of drug-likeness (QED) is 0.661. The van der Waals surface area contributed by atoms with E-state index >= 15 is 0 Å². The Kier molecular flexibility index (Phi) is 6.27. The highest BCUT2D eigenvalue weighted by Crippen LogP contribution is 2.18. The zero-order valence-corrected chi connectivity index (χ0v) is 13.8. The average molecular weight is 292 g/mol. The lowest BCUT2D eigenvalue weighted by molar-refractivity contribution is -0.120. The van der Waals surface area contributed by atoms with Crippen LogP contribution in [0.4, 0.5) is 0 Å². The molecular formula is C16H24N2OS. The lowest BCUT2D eigenvalue weighted by atomic mass is 9.91. The second kappa shape index (κ2) is 7.48. The van der Waals surface area contributed by atoms with Crippen LogP contribution in [0.25, 0.3) is 0 Å². The van der Waals surface area contributed by atoms with E-state index in [-0.39, 0.29) is 16.6 Å². The first-order valence-corrected chi connectivity index (χ1v) is 7.85. The van der Waals surface area contributed by atoms with Gasteiger partial charge in [-0.25, -0.2) is 5.43 Å². The molecule has 20 heavy (non-hydrogen) atoms. The van der Waals surface area contributed by atoms with Gasteiger partial charge in [-0.1, -0.05) is 51.1 Å². The van der Waals surface area contributed by atoms with Crippen molar-refractivity contribution in [1.29, 1.82) is 0 Å². The summed E-state index contributed by atoms with van der Waals surface area (Å²) in [4.78, 5) is 12.0. The summed E-state index contributed by atoms with van der Waals surface area (Å²) in [7, 11) is 0. The summed E-state index contributed by atoms with van der Waals surface area (Å²) in [6, 6.07) is 10.2. The molecule has 1 rings (SSSR count). The molecule has 0 saturated heterocycles. The van der Waals surface area contributed by atoms with Crippen LogP contribution in [-0.4, -0.2) is 16.9 Å². The molecule has 0 unspecified atom stereocenters. The number of carbonyl (C=O) groups is 1. The van der Waals surface area contributed by atoms with E-state index in [1.807, 2.05) is 32.0 Å². The van der Waals surface area contributed by atoms with Crippen LogP contribution in [0.2, 0.25) is 0 Å². The molecule has 0 aliphatic heterocycles. The first kappa shape index (κ1) is 16.8. The Labute approximate surface area is 126 Å². The van der Waals surface area contributed by atoms with E-state index < -0.39 is 0 Å². The monoisotopic (exact) mass is 292 g/mol. The highest BCUT2D eigenvalue weighted by atomic mass is 32.2. The lowest BCUT2D eigenvalue weighted by Gasteiger charge is -2.18. The zero-order valence-electron chi connectivity index (χ0n) is 12.9. The summed E-state index contributed by atoms with van der Waals surface area (Å²) in [5, 5.41) is 4.06. The minimum atomic E-state index is -0.119. The van der Waals surface area contributed by atoms with Crippen molar-refractivity contribution in [2.75, 3.05) is 0 Å². The van der Waals surface area contributed by atoms with Crippen molar-refractivity contribution in [2.24, 2.45) is 10.5 Å². The van der Waals surface area contributed by atoms with Crippen LogP contribution in [0.3, 0.4) is 0 Å². The van der Waals surface area contributed by atoms with Gasteiger partial charge in [-0.2, -0.15) is 5.10 Å². The van der Waals surface area contributed by atoms with Crippen LogP contribution in [0.15, 0.2) is 35.4 Å². The molecule has 3 nitrogen and oxygen atoms in total. The van der Waals surface area contributed by atoms with Crippen LogP contribution < -0.4 is 5.43 Å². The Hall–Kier alpha value is -1.29. The third kappa shape index (κ3) is 5.78. The van der Waals surface area contributed by atoms with Gasteiger partial charge in [0.25, 0.3) is 5.91 Å². The van der Waals surface area contributed by atoms with Gasteiger partial charge in [0.05, 0.1) is 5.25 Å². The summed E-state index contributed by atoms with van der Waals surface area (Å²) in [5.74, 6) is 0.784. The summed E-state index contributed by atoms with van der Waals surface area (Å²) < 4.78 is 0. The molecule has 0 saturated carbocycles. The topological polar surface area (TPSA) is 41.5 Å². The van der Waals surface area contributed by atoms with Gasteiger partial charge in [0.2, 0.25) is 0 Å². The SMILES string of the molecule is C/C(=N/NC(=O)[C@@H](C)SCc1ccccc1)C(C)(C)C. The molecule has 1 aromatic rings. The van der Waals surface area contributed by atoms with E-state index in [2.05, 4.69) is 43.4 Å². The Morgan fingerprint density at radius 2 is 1.90 bits per heavy atom. The smallest absolute Gasteiger partial charge is 0.252 e. The van der Waals surface area contributed by atoms with Crippen LogP contribution in [-0.2, 0) is 10.5 Å². The fourth-order valence-corrected chi connectivity index (χ4v) is 2.11. The second-order valence-electron chi connectivity index (χ2n) is 5.86. The largest absolute Gasteiger partial charge is 0.272 e. The van der Waals surface area contributed by atoms with Crippen molar-refractivity contribution in [3.8, 4) is 0 Å². The van der Waals surface area contributed by atoms with E-state index in [0.29, 0.717) is 0 Å². The van der Waals surface area contributed by atoms with Gasteiger partial charge in [-0.15, -0.1) is 11.8 Å². The fourth-order valence-electron chi connectivity index (χ4n) is 1.27. The van der Waals surface area contributed by atoms with Crippen molar-refractivity contribution in [1.82, 2.24) is 5.43 Å². The van der Waals surface area contributed by atoms with Crippen molar-refractivity contribution in [2.45, 2.75) is 45.6 Å². The maximum absolute atomic E-state index is 12.0. The van der Waals surface area contributed by atoms with Crippen LogP contribution >= 0.6 is 11.8 Å². The molecule has 0 radical (unpaired) electrons. The van der Waals surface area contributed by atoms with Gasteiger partial charge < -0.3 is 0 Å². The van der Waals surface area contributed by atoms with Crippen LogP contribution in [0, 0.1) is 5.41 Å². The number of carbonyl (C=O) groups excluding carboxylic acids is 1. The summed E-state index contributed by atoms with van der Waals surface area (Å²) in [5.41, 5.74) is 4.78. The van der Waals surface area contributed by atoms with Gasteiger partial charge >= 0.3 is 0 Å². The van der Waals surface area contributed by atoms with Crippen molar-refractivity contribution < 1.29 is 4.79 Å². The minimum Gasteiger partial charge on any atom is -0.272 e. The normalized spacial score (nSPS) is 13.9. The van der Waals surface area contributed by atoms with Crippen molar-refractivity contribution in [3.05, 3.63) is 35.9 Å². The summed E-state index contributed by atoms with van der Waals surface area (Å²) in [6.07, 6.45) is 0. The molecule has 0 spiro atoms. The van der Waals surface area contributed by atoms with E-state index in [4.69, 9.17) is 0 Å². The van der Waals surface area contributed by atoms with Gasteiger partial charge in [0.15, 0.2) is 0 Å². The average Bonchev–Trinajstić information content (AvgIpc) is 2.41. The van der Waals surface area contributed by atoms with Gasteiger partial charge in [0, 0.05) is 16.9 Å². The molecule has 1 atom stereocenters. The third-order valence-electron chi connectivity index (χ3n) is 3.13. The Bertz CT molecular complexity index is 463. The number of thioether (sulfide) groups is 1. The molecule has 0 aromatic heterocycles. The zero-order chi connectivity index (χ0) is 15.2. The van der Waals surface area contributed by atoms with E-state index in [1.54, 1.807) is 11.8 Å². The molecular weight excluding hydrogens is 268 g/mol. The molecule has 4 heteroatoms. The predicted molar refractivity (Wildman–Crippen MR) is 87.9 cm³/mol. The number of benzene rings is 1. The van der Waals surface area contributed by atoms with Gasteiger partial charge in [-0.05, 0) is 19.4 Å². The molecule has 0 fully saturated rings. The van der Waals surface area contributed by atoms with Crippen molar-refractivity contribution in [3.63, 3.8) is 0 Å². The highest BCUT2D eigenvalue weighted by molar-refractivity contribution is 7.99. The number of rotatable bonds is 5. The van der Waals surface area contributed by atoms with Crippen LogP contribution in [0.1, 0.15) is 40.2 Å². The Morgan fingerprint density at radius 3 is 2.45 bits per heavy atom. The molecule has 0 bridgehead atoms. The molecule has 110 valence electrons. The first-order chi connectivity index (χ1) is 9.30. The van der Waals surface area contributed by atoms with Gasteiger partial charge in [-0.3, -0.25) is 4.79 Å². The number of nitrogens with zero attached hydrogens (tertiary/aromatic N) is 1.